The van der Waals surface area contributed by atoms with Gasteiger partial charge in [0.25, 0.3) is 0 Å². The summed E-state index contributed by atoms with van der Waals surface area (Å²) in [5, 5.41) is 3.69. The Bertz CT molecular complexity index is 1120. The van der Waals surface area contributed by atoms with Gasteiger partial charge in [-0.25, -0.2) is 4.98 Å². The molecule has 31 heavy (non-hydrogen) atoms. The highest BCUT2D eigenvalue weighted by Gasteiger charge is 2.15. The van der Waals surface area contributed by atoms with Gasteiger partial charge in [-0.05, 0) is 29.5 Å². The molecule has 0 aliphatic rings. The highest BCUT2D eigenvalue weighted by atomic mass is 32.1. The second-order valence-corrected chi connectivity index (χ2v) is 8.60. The summed E-state index contributed by atoms with van der Waals surface area (Å²) in [6.45, 7) is 2.17. The van der Waals surface area contributed by atoms with Crippen LogP contribution in [-0.2, 0) is 17.6 Å². The van der Waals surface area contributed by atoms with Gasteiger partial charge in [0.2, 0.25) is 5.91 Å². The molecule has 0 bridgehead atoms. The molecule has 4 rings (SSSR count). The summed E-state index contributed by atoms with van der Waals surface area (Å²) in [6, 6.07) is 29.0. The lowest BCUT2D eigenvalue weighted by atomic mass is 10.0. The third-order valence-corrected chi connectivity index (χ3v) is 6.20. The van der Waals surface area contributed by atoms with Crippen LogP contribution >= 0.6 is 11.3 Å². The van der Waals surface area contributed by atoms with Crippen LogP contribution in [0.4, 0.5) is 5.13 Å². The molecule has 0 saturated carbocycles. The summed E-state index contributed by atoms with van der Waals surface area (Å²) in [7, 11) is 0. The zero-order chi connectivity index (χ0) is 21.5. The molecule has 0 fully saturated rings. The van der Waals surface area contributed by atoms with Crippen LogP contribution in [0.25, 0.3) is 22.4 Å². The molecule has 0 spiro atoms. The highest BCUT2D eigenvalue weighted by Crippen LogP contribution is 2.33. The number of benzene rings is 3. The van der Waals surface area contributed by atoms with Crippen LogP contribution in [-0.4, -0.2) is 10.9 Å². The lowest BCUT2D eigenvalue weighted by Crippen LogP contribution is -2.12. The molecule has 3 aromatic carbocycles. The SMILES string of the molecule is CCCc1sc(NC(=O)CCc2ccccc2)nc1-c1ccc(-c2ccccc2)cc1. The summed E-state index contributed by atoms with van der Waals surface area (Å²) in [5.74, 6) is 0.00614. The van der Waals surface area contributed by atoms with E-state index in [1.807, 2.05) is 36.4 Å². The first kappa shape index (κ1) is 21.0. The second kappa shape index (κ2) is 10.2. The molecule has 0 aliphatic heterocycles. The molecule has 1 heterocycles. The lowest BCUT2D eigenvalue weighted by molar-refractivity contribution is -0.116. The zero-order valence-corrected chi connectivity index (χ0v) is 18.5. The van der Waals surface area contributed by atoms with E-state index >= 15 is 0 Å². The molecule has 1 amide bonds. The van der Waals surface area contributed by atoms with Crippen molar-refractivity contribution in [2.24, 2.45) is 0 Å². The Morgan fingerprint density at radius 3 is 2.10 bits per heavy atom. The Balaban J connectivity index is 1.48. The summed E-state index contributed by atoms with van der Waals surface area (Å²) < 4.78 is 0. The summed E-state index contributed by atoms with van der Waals surface area (Å²) in [6.07, 6.45) is 3.17. The van der Waals surface area contributed by atoms with E-state index in [4.69, 9.17) is 4.98 Å². The van der Waals surface area contributed by atoms with Gasteiger partial charge in [0.15, 0.2) is 5.13 Å². The van der Waals surface area contributed by atoms with E-state index in [1.165, 1.54) is 21.6 Å². The third-order valence-electron chi connectivity index (χ3n) is 5.17. The number of carbonyl (C=O) groups excluding carboxylic acids is 1. The number of carbonyl (C=O) groups is 1. The number of nitrogens with one attached hydrogen (secondary N) is 1. The fourth-order valence-electron chi connectivity index (χ4n) is 3.56. The smallest absolute Gasteiger partial charge is 0.226 e. The van der Waals surface area contributed by atoms with Gasteiger partial charge in [-0.1, -0.05) is 98.3 Å². The van der Waals surface area contributed by atoms with Crippen molar-refractivity contribution in [2.45, 2.75) is 32.6 Å². The minimum atomic E-state index is 0.00614. The monoisotopic (exact) mass is 426 g/mol. The van der Waals surface area contributed by atoms with Crippen LogP contribution < -0.4 is 5.32 Å². The number of hydrogen-bond acceptors (Lipinski definition) is 3. The molecule has 1 aromatic heterocycles. The summed E-state index contributed by atoms with van der Waals surface area (Å²) in [4.78, 5) is 18.5. The molecule has 0 aliphatic carbocycles. The van der Waals surface area contributed by atoms with Crippen LogP contribution in [0.5, 0.6) is 0 Å². The Morgan fingerprint density at radius 1 is 0.806 bits per heavy atom. The topological polar surface area (TPSA) is 42.0 Å². The number of anilines is 1. The van der Waals surface area contributed by atoms with Gasteiger partial charge in [0.1, 0.15) is 0 Å². The first-order chi connectivity index (χ1) is 15.2. The molecule has 1 N–H and O–H groups in total. The fourth-order valence-corrected chi connectivity index (χ4v) is 4.66. The molecule has 4 aromatic rings. The molecule has 4 heteroatoms. The van der Waals surface area contributed by atoms with E-state index in [-0.39, 0.29) is 5.91 Å². The summed E-state index contributed by atoms with van der Waals surface area (Å²) in [5.41, 5.74) is 5.62. The number of thiazole rings is 1. The number of aryl methyl sites for hydroxylation is 2. The van der Waals surface area contributed by atoms with Crippen molar-refractivity contribution >= 4 is 22.4 Å². The van der Waals surface area contributed by atoms with E-state index in [9.17, 15) is 4.79 Å². The number of rotatable bonds is 8. The van der Waals surface area contributed by atoms with Gasteiger partial charge in [-0.2, -0.15) is 0 Å². The predicted octanol–water partition coefficient (Wildman–Crippen LogP) is 7.00. The average Bonchev–Trinajstić information content (AvgIpc) is 3.21. The van der Waals surface area contributed by atoms with E-state index in [1.54, 1.807) is 11.3 Å². The minimum Gasteiger partial charge on any atom is -0.302 e. The largest absolute Gasteiger partial charge is 0.302 e. The van der Waals surface area contributed by atoms with Crippen molar-refractivity contribution in [3.63, 3.8) is 0 Å². The van der Waals surface area contributed by atoms with Crippen molar-refractivity contribution < 1.29 is 4.79 Å². The first-order valence-electron chi connectivity index (χ1n) is 10.7. The summed E-state index contributed by atoms with van der Waals surface area (Å²) >= 11 is 1.59. The lowest BCUT2D eigenvalue weighted by Gasteiger charge is -2.05. The zero-order valence-electron chi connectivity index (χ0n) is 17.7. The highest BCUT2D eigenvalue weighted by molar-refractivity contribution is 7.16. The molecule has 0 radical (unpaired) electrons. The van der Waals surface area contributed by atoms with Gasteiger partial charge in [0, 0.05) is 16.9 Å². The standard InChI is InChI=1S/C27H26N2OS/c1-2-9-24-26(23-17-15-22(16-18-23)21-12-7-4-8-13-21)29-27(31-24)28-25(30)19-14-20-10-5-3-6-11-20/h3-8,10-13,15-18H,2,9,14,19H2,1H3,(H,28,29,30). The fraction of sp³-hybridized carbons (Fsp3) is 0.185. The van der Waals surface area contributed by atoms with E-state index in [0.29, 0.717) is 11.6 Å². The van der Waals surface area contributed by atoms with Crippen molar-refractivity contribution in [2.75, 3.05) is 5.32 Å². The van der Waals surface area contributed by atoms with Crippen LogP contribution in [0.3, 0.4) is 0 Å². The van der Waals surface area contributed by atoms with Crippen molar-refractivity contribution in [3.8, 4) is 22.4 Å². The third kappa shape index (κ3) is 5.47. The Morgan fingerprint density at radius 2 is 1.42 bits per heavy atom. The molecule has 0 unspecified atom stereocenters. The van der Waals surface area contributed by atoms with Gasteiger partial charge in [-0.3, -0.25) is 4.79 Å². The maximum absolute atomic E-state index is 12.5. The van der Waals surface area contributed by atoms with Gasteiger partial charge in [-0.15, -0.1) is 11.3 Å². The van der Waals surface area contributed by atoms with E-state index in [0.717, 1.165) is 30.5 Å². The quantitative estimate of drug-likeness (QED) is 0.329. The Labute approximate surface area is 187 Å². The maximum Gasteiger partial charge on any atom is 0.226 e. The number of amides is 1. The Kier molecular flexibility index (Phi) is 6.90. The first-order valence-corrected chi connectivity index (χ1v) is 11.5. The Hall–Kier alpha value is -3.24. The van der Waals surface area contributed by atoms with Crippen molar-refractivity contribution in [1.82, 2.24) is 4.98 Å². The second-order valence-electron chi connectivity index (χ2n) is 7.52. The molecule has 0 saturated heterocycles. The maximum atomic E-state index is 12.5. The van der Waals surface area contributed by atoms with Crippen LogP contribution in [0, 0.1) is 0 Å². The van der Waals surface area contributed by atoms with Crippen molar-refractivity contribution in [3.05, 3.63) is 95.4 Å². The molecule has 0 atom stereocenters. The molecule has 156 valence electrons. The molecular weight excluding hydrogens is 400 g/mol. The predicted molar refractivity (Wildman–Crippen MR) is 130 cm³/mol. The van der Waals surface area contributed by atoms with Crippen LogP contribution in [0.2, 0.25) is 0 Å². The van der Waals surface area contributed by atoms with E-state index in [2.05, 4.69) is 60.8 Å². The minimum absolute atomic E-state index is 0.00614. The average molecular weight is 427 g/mol. The number of hydrogen-bond donors (Lipinski definition) is 1. The number of nitrogens with zero attached hydrogens (tertiary/aromatic N) is 1. The van der Waals surface area contributed by atoms with E-state index < -0.39 is 0 Å². The number of aromatic nitrogens is 1. The molecular formula is C27H26N2OS. The van der Waals surface area contributed by atoms with Crippen LogP contribution in [0.15, 0.2) is 84.9 Å². The van der Waals surface area contributed by atoms with Gasteiger partial charge >= 0.3 is 0 Å². The molecule has 3 nitrogen and oxygen atoms in total. The van der Waals surface area contributed by atoms with Gasteiger partial charge < -0.3 is 5.32 Å². The van der Waals surface area contributed by atoms with Gasteiger partial charge in [0.05, 0.1) is 5.69 Å². The van der Waals surface area contributed by atoms with Crippen LogP contribution in [0.1, 0.15) is 30.2 Å². The normalized spacial score (nSPS) is 10.7. The van der Waals surface area contributed by atoms with Crippen molar-refractivity contribution in [1.29, 1.82) is 0 Å².